The van der Waals surface area contributed by atoms with Crippen LogP contribution < -0.4 is 0 Å². The van der Waals surface area contributed by atoms with Crippen molar-refractivity contribution in [2.45, 2.75) is 90.6 Å². The highest BCUT2D eigenvalue weighted by Gasteiger charge is 2.61. The van der Waals surface area contributed by atoms with Gasteiger partial charge in [-0.2, -0.15) is 0 Å². The van der Waals surface area contributed by atoms with E-state index in [1.165, 1.54) is 19.3 Å². The predicted molar refractivity (Wildman–Crippen MR) is 103 cm³/mol. The van der Waals surface area contributed by atoms with Crippen molar-refractivity contribution in [2.24, 2.45) is 34.5 Å². The molecule has 0 aliphatic heterocycles. The number of Topliss-reactive ketones (excluding diaryl/α,β-unsaturated/α-hetero) is 1. The summed E-state index contributed by atoms with van der Waals surface area (Å²) in [6, 6.07) is 0. The maximum absolute atomic E-state index is 12.2. The largest absolute Gasteiger partial charge is 0.481 e. The van der Waals surface area contributed by atoms with Crippen LogP contribution >= 0.6 is 0 Å². The molecule has 0 saturated heterocycles. The van der Waals surface area contributed by atoms with Crippen LogP contribution in [0.5, 0.6) is 0 Å². The molecule has 7 atom stereocenters. The summed E-state index contributed by atoms with van der Waals surface area (Å²) in [5, 5.41) is 8.80. The number of carboxylic acids is 1. The highest BCUT2D eigenvalue weighted by atomic mass is 16.5. The Hall–Kier alpha value is -1.39. The van der Waals surface area contributed by atoms with E-state index in [4.69, 9.17) is 9.84 Å². The topological polar surface area (TPSA) is 80.7 Å². The summed E-state index contributed by atoms with van der Waals surface area (Å²) >= 11 is 0. The van der Waals surface area contributed by atoms with Crippen LogP contribution in [0.2, 0.25) is 0 Å². The van der Waals surface area contributed by atoms with E-state index in [1.54, 1.807) is 0 Å². The summed E-state index contributed by atoms with van der Waals surface area (Å²) in [6.07, 6.45) is 8.95. The van der Waals surface area contributed by atoms with E-state index in [0.717, 1.165) is 38.5 Å². The molecule has 0 bridgehead atoms. The molecule has 0 amide bonds. The number of carbonyl (C=O) groups excluding carboxylic acids is 2. The van der Waals surface area contributed by atoms with E-state index >= 15 is 0 Å². The third-order valence-electron chi connectivity index (χ3n) is 9.21. The zero-order chi connectivity index (χ0) is 20.1. The van der Waals surface area contributed by atoms with Gasteiger partial charge >= 0.3 is 11.9 Å². The molecule has 0 aromatic carbocycles. The van der Waals surface area contributed by atoms with Crippen molar-refractivity contribution in [3.05, 3.63) is 0 Å². The van der Waals surface area contributed by atoms with Gasteiger partial charge in [0.15, 0.2) is 0 Å². The van der Waals surface area contributed by atoms with Crippen LogP contribution in [-0.2, 0) is 19.1 Å². The van der Waals surface area contributed by atoms with E-state index in [2.05, 4.69) is 13.8 Å². The Balaban J connectivity index is 1.47. The molecule has 156 valence electrons. The van der Waals surface area contributed by atoms with Crippen LogP contribution in [0, 0.1) is 34.5 Å². The number of hydrogen-bond acceptors (Lipinski definition) is 4. The number of fused-ring (bicyclic) bond motifs is 5. The second-order valence-corrected chi connectivity index (χ2v) is 10.4. The van der Waals surface area contributed by atoms with Crippen LogP contribution in [0.25, 0.3) is 0 Å². The fourth-order valence-corrected chi connectivity index (χ4v) is 7.62. The first-order valence-electron chi connectivity index (χ1n) is 11.2. The van der Waals surface area contributed by atoms with E-state index in [9.17, 15) is 14.4 Å². The zero-order valence-electron chi connectivity index (χ0n) is 17.2. The first-order chi connectivity index (χ1) is 13.2. The van der Waals surface area contributed by atoms with Gasteiger partial charge in [-0.05, 0) is 74.0 Å². The van der Waals surface area contributed by atoms with Gasteiger partial charge in [-0.3, -0.25) is 14.4 Å². The SMILES string of the molecule is C[C@@]12CCC(=O)C[C@@H]1CC[C@@H]1[C@H]2CC[C@]2(C)[C@@H](OC(=O)CCC(=O)O)CC[C@H]12. The first-order valence-corrected chi connectivity index (χ1v) is 11.2. The molecule has 5 nitrogen and oxygen atoms in total. The lowest BCUT2D eigenvalue weighted by Crippen LogP contribution is -2.54. The van der Waals surface area contributed by atoms with Crippen LogP contribution in [0.3, 0.4) is 0 Å². The number of rotatable bonds is 4. The maximum atomic E-state index is 12.2. The quantitative estimate of drug-likeness (QED) is 0.721. The smallest absolute Gasteiger partial charge is 0.306 e. The predicted octanol–water partition coefficient (Wildman–Crippen LogP) is 4.37. The zero-order valence-corrected chi connectivity index (χ0v) is 17.2. The molecule has 0 unspecified atom stereocenters. The van der Waals surface area contributed by atoms with E-state index in [0.29, 0.717) is 34.9 Å². The molecule has 0 heterocycles. The van der Waals surface area contributed by atoms with Gasteiger partial charge in [0.1, 0.15) is 11.9 Å². The molecule has 0 aromatic heterocycles. The molecule has 4 fully saturated rings. The normalized spacial score (nSPS) is 44.9. The summed E-state index contributed by atoms with van der Waals surface area (Å²) in [5.74, 6) is 1.65. The molecule has 4 rings (SSSR count). The fraction of sp³-hybridized carbons (Fsp3) is 0.870. The average Bonchev–Trinajstić information content (AvgIpc) is 2.97. The lowest BCUT2D eigenvalue weighted by Gasteiger charge is -2.60. The van der Waals surface area contributed by atoms with Crippen LogP contribution in [0.4, 0.5) is 0 Å². The summed E-state index contributed by atoms with van der Waals surface area (Å²) in [6.45, 7) is 4.75. The van der Waals surface area contributed by atoms with Gasteiger partial charge in [0.2, 0.25) is 0 Å². The highest BCUT2D eigenvalue weighted by molar-refractivity contribution is 5.79. The number of esters is 1. The Morgan fingerprint density at radius 1 is 1.00 bits per heavy atom. The molecule has 4 saturated carbocycles. The second kappa shape index (κ2) is 7.14. The van der Waals surface area contributed by atoms with Crippen LogP contribution in [-0.4, -0.2) is 28.9 Å². The van der Waals surface area contributed by atoms with Crippen LogP contribution in [0.15, 0.2) is 0 Å². The minimum Gasteiger partial charge on any atom is -0.481 e. The second-order valence-electron chi connectivity index (χ2n) is 10.4. The van der Waals surface area contributed by atoms with Crippen molar-refractivity contribution in [1.29, 1.82) is 0 Å². The van der Waals surface area contributed by atoms with E-state index in [1.807, 2.05) is 0 Å². The fourth-order valence-electron chi connectivity index (χ4n) is 7.62. The summed E-state index contributed by atoms with van der Waals surface area (Å²) in [4.78, 5) is 34.9. The Morgan fingerprint density at radius 3 is 2.50 bits per heavy atom. The third-order valence-corrected chi connectivity index (χ3v) is 9.21. The number of carbonyl (C=O) groups is 3. The molecular formula is C23H34O5. The van der Waals surface area contributed by atoms with E-state index < -0.39 is 5.97 Å². The Kier molecular flexibility index (Phi) is 5.08. The molecule has 4 aliphatic carbocycles. The number of ether oxygens (including phenoxy) is 1. The first kappa shape index (κ1) is 19.9. The van der Waals surface area contributed by atoms with Crippen molar-refractivity contribution in [2.75, 3.05) is 0 Å². The van der Waals surface area contributed by atoms with Gasteiger partial charge in [0, 0.05) is 18.3 Å². The molecule has 4 aliphatic rings. The molecule has 28 heavy (non-hydrogen) atoms. The van der Waals surface area contributed by atoms with Crippen molar-refractivity contribution in [3.8, 4) is 0 Å². The van der Waals surface area contributed by atoms with Gasteiger partial charge in [-0.25, -0.2) is 0 Å². The van der Waals surface area contributed by atoms with Crippen molar-refractivity contribution in [3.63, 3.8) is 0 Å². The Labute approximate surface area is 167 Å². The lowest BCUT2D eigenvalue weighted by molar-refractivity contribution is -0.165. The molecule has 0 aromatic rings. The molecule has 5 heteroatoms. The standard InChI is InChI=1S/C23H34O5/c1-22-11-9-15(24)13-14(22)3-4-16-17-5-6-19(23(17,2)12-10-18(16)22)28-21(27)8-7-20(25)26/h14,16-19H,3-13H2,1-2H3,(H,25,26)/t14-,16-,17+,18+,19-,22+,23-/m0/s1. The van der Waals surface area contributed by atoms with Gasteiger partial charge in [0.05, 0.1) is 12.8 Å². The highest BCUT2D eigenvalue weighted by Crippen LogP contribution is 2.66. The van der Waals surface area contributed by atoms with Crippen molar-refractivity contribution < 1.29 is 24.2 Å². The molecule has 0 spiro atoms. The van der Waals surface area contributed by atoms with Gasteiger partial charge < -0.3 is 9.84 Å². The number of aliphatic carboxylic acids is 1. The van der Waals surface area contributed by atoms with Crippen molar-refractivity contribution >= 4 is 17.7 Å². The Morgan fingerprint density at radius 2 is 1.75 bits per heavy atom. The molecule has 0 radical (unpaired) electrons. The van der Waals surface area contributed by atoms with Crippen LogP contribution in [0.1, 0.15) is 84.5 Å². The summed E-state index contributed by atoms with van der Waals surface area (Å²) < 4.78 is 5.81. The van der Waals surface area contributed by atoms with Gasteiger partial charge in [0.25, 0.3) is 0 Å². The minimum absolute atomic E-state index is 0.0216. The Bertz CT molecular complexity index is 672. The maximum Gasteiger partial charge on any atom is 0.306 e. The minimum atomic E-state index is -0.955. The number of carboxylic acid groups (broad SMARTS) is 1. The summed E-state index contributed by atoms with van der Waals surface area (Å²) in [5.41, 5.74) is 0.322. The number of hydrogen-bond donors (Lipinski definition) is 1. The molecular weight excluding hydrogens is 356 g/mol. The van der Waals surface area contributed by atoms with Crippen molar-refractivity contribution in [1.82, 2.24) is 0 Å². The lowest BCUT2D eigenvalue weighted by atomic mass is 9.45. The summed E-state index contributed by atoms with van der Waals surface area (Å²) in [7, 11) is 0. The monoisotopic (exact) mass is 390 g/mol. The average molecular weight is 391 g/mol. The number of ketones is 1. The van der Waals surface area contributed by atoms with Gasteiger partial charge in [-0.1, -0.05) is 13.8 Å². The third kappa shape index (κ3) is 3.19. The molecule has 1 N–H and O–H groups in total. The van der Waals surface area contributed by atoms with E-state index in [-0.39, 0.29) is 30.3 Å². The van der Waals surface area contributed by atoms with Gasteiger partial charge in [-0.15, -0.1) is 0 Å².